The van der Waals surface area contributed by atoms with E-state index in [2.05, 4.69) is 18.2 Å². The highest BCUT2D eigenvalue weighted by Crippen LogP contribution is 2.52. The molecule has 1 unspecified atom stereocenters. The maximum Gasteiger partial charge on any atom is 0.229 e. The molecule has 1 saturated heterocycles. The summed E-state index contributed by atoms with van der Waals surface area (Å²) in [6.45, 7) is 1.92. The first kappa shape index (κ1) is 21.1. The number of amides is 1. The van der Waals surface area contributed by atoms with Crippen molar-refractivity contribution in [2.75, 3.05) is 0 Å². The number of allylic oxidation sites excluding steroid dienone is 1. The molecule has 1 heterocycles. The number of nitrogens with zero attached hydrogens (tertiary/aromatic N) is 1. The topological polar surface area (TPSA) is 37.4 Å². The second-order valence-electron chi connectivity index (χ2n) is 8.58. The molecule has 0 aromatic heterocycles. The summed E-state index contributed by atoms with van der Waals surface area (Å²) in [7, 11) is 0. The number of carbonyl (C=O) groups is 2. The molecule has 0 bridgehead atoms. The Balaban J connectivity index is 1.88. The number of piperidine rings is 1. The summed E-state index contributed by atoms with van der Waals surface area (Å²) in [5.41, 5.74) is 1.39. The lowest BCUT2D eigenvalue weighted by Gasteiger charge is -2.51. The molecule has 1 amide bonds. The van der Waals surface area contributed by atoms with Crippen molar-refractivity contribution in [2.24, 2.45) is 5.41 Å². The minimum absolute atomic E-state index is 0.0153. The van der Waals surface area contributed by atoms with Crippen molar-refractivity contribution < 1.29 is 9.59 Å². The van der Waals surface area contributed by atoms with Crippen LogP contribution >= 0.6 is 23.2 Å². The molecule has 2 aromatic carbocycles. The minimum Gasteiger partial charge on any atom is -0.328 e. The van der Waals surface area contributed by atoms with Crippen LogP contribution in [0.4, 0.5) is 0 Å². The molecule has 3 nitrogen and oxygen atoms in total. The molecule has 0 spiro atoms. The van der Waals surface area contributed by atoms with Crippen molar-refractivity contribution in [3.63, 3.8) is 0 Å². The van der Waals surface area contributed by atoms with Crippen LogP contribution in [0.25, 0.3) is 0 Å². The van der Waals surface area contributed by atoms with E-state index in [-0.39, 0.29) is 30.3 Å². The van der Waals surface area contributed by atoms with E-state index in [0.29, 0.717) is 16.5 Å². The molecule has 30 heavy (non-hydrogen) atoms. The molecular weight excluding hydrogens is 417 g/mol. The third kappa shape index (κ3) is 3.93. The van der Waals surface area contributed by atoms with E-state index in [1.165, 1.54) is 0 Å². The summed E-state index contributed by atoms with van der Waals surface area (Å²) >= 11 is 12.5. The van der Waals surface area contributed by atoms with Gasteiger partial charge in [0.15, 0.2) is 0 Å². The Hall–Kier alpha value is -2.10. The fraction of sp³-hybridized carbons (Fsp3) is 0.360. The van der Waals surface area contributed by atoms with E-state index in [1.54, 1.807) is 0 Å². The highest BCUT2D eigenvalue weighted by atomic mass is 35.5. The van der Waals surface area contributed by atoms with Crippen LogP contribution in [0.1, 0.15) is 55.7 Å². The highest BCUT2D eigenvalue weighted by molar-refractivity contribution is 6.30. The largest absolute Gasteiger partial charge is 0.328 e. The summed E-state index contributed by atoms with van der Waals surface area (Å²) in [5, 5.41) is 1.34. The number of aldehydes is 1. The molecule has 1 fully saturated rings. The Labute approximate surface area is 187 Å². The van der Waals surface area contributed by atoms with Crippen molar-refractivity contribution in [1.29, 1.82) is 0 Å². The van der Waals surface area contributed by atoms with Gasteiger partial charge in [-0.25, -0.2) is 0 Å². The van der Waals surface area contributed by atoms with Gasteiger partial charge in [-0.05, 0) is 54.7 Å². The van der Waals surface area contributed by atoms with Gasteiger partial charge in [-0.2, -0.15) is 0 Å². The smallest absolute Gasteiger partial charge is 0.229 e. The second-order valence-corrected chi connectivity index (χ2v) is 9.45. The van der Waals surface area contributed by atoms with Crippen molar-refractivity contribution in [1.82, 2.24) is 4.90 Å². The van der Waals surface area contributed by atoms with Gasteiger partial charge < -0.3 is 9.69 Å². The van der Waals surface area contributed by atoms with Gasteiger partial charge in [-0.15, -0.1) is 0 Å². The van der Waals surface area contributed by atoms with Crippen molar-refractivity contribution in [3.8, 4) is 0 Å². The number of benzene rings is 2. The SMILES string of the molecule is C[C@@]1(CC=O)C[C@H](c2cccc(Cl)c2)[C@@H](c2ccc(Cl)cc2)N(C2C=CCC2)C1=O. The van der Waals surface area contributed by atoms with Crippen LogP contribution in [-0.4, -0.2) is 23.1 Å². The van der Waals surface area contributed by atoms with Crippen molar-refractivity contribution in [2.45, 2.75) is 50.6 Å². The molecule has 2 aliphatic rings. The minimum atomic E-state index is -0.742. The van der Waals surface area contributed by atoms with Crippen LogP contribution in [0.2, 0.25) is 10.0 Å². The summed E-state index contributed by atoms with van der Waals surface area (Å²) in [6.07, 6.45) is 7.79. The molecule has 1 aliphatic carbocycles. The Kier molecular flexibility index (Phi) is 6.04. The molecule has 156 valence electrons. The van der Waals surface area contributed by atoms with Crippen molar-refractivity contribution in [3.05, 3.63) is 81.9 Å². The van der Waals surface area contributed by atoms with Crippen LogP contribution in [0.15, 0.2) is 60.7 Å². The fourth-order valence-electron chi connectivity index (χ4n) is 4.97. The summed E-state index contributed by atoms with van der Waals surface area (Å²) in [5.74, 6) is 0.0610. The van der Waals surface area contributed by atoms with Gasteiger partial charge in [0.05, 0.1) is 17.5 Å². The zero-order chi connectivity index (χ0) is 21.3. The number of carbonyl (C=O) groups excluding carboxylic acids is 2. The quantitative estimate of drug-likeness (QED) is 0.399. The molecule has 0 saturated carbocycles. The van der Waals surface area contributed by atoms with Crippen LogP contribution in [0, 0.1) is 5.41 Å². The zero-order valence-corrected chi connectivity index (χ0v) is 18.4. The van der Waals surface area contributed by atoms with Crippen LogP contribution in [0.5, 0.6) is 0 Å². The number of rotatable bonds is 5. The van der Waals surface area contributed by atoms with Gasteiger partial charge in [-0.1, -0.05) is 66.5 Å². The third-order valence-corrected chi connectivity index (χ3v) is 6.96. The van der Waals surface area contributed by atoms with E-state index in [1.807, 2.05) is 54.3 Å². The molecule has 4 rings (SSSR count). The first-order valence-electron chi connectivity index (χ1n) is 10.4. The molecule has 2 aromatic rings. The lowest BCUT2D eigenvalue weighted by Crippen LogP contribution is -2.55. The van der Waals surface area contributed by atoms with E-state index in [0.717, 1.165) is 30.3 Å². The van der Waals surface area contributed by atoms with Crippen LogP contribution in [-0.2, 0) is 9.59 Å². The predicted molar refractivity (Wildman–Crippen MR) is 121 cm³/mol. The molecule has 4 atom stereocenters. The van der Waals surface area contributed by atoms with Gasteiger partial charge in [0.2, 0.25) is 5.91 Å². The molecule has 0 N–H and O–H groups in total. The van der Waals surface area contributed by atoms with Gasteiger partial charge in [-0.3, -0.25) is 4.79 Å². The molecule has 5 heteroatoms. The maximum absolute atomic E-state index is 13.8. The normalized spacial score (nSPS) is 28.7. The van der Waals surface area contributed by atoms with E-state index < -0.39 is 5.41 Å². The standard InChI is InChI=1S/C25H25Cl2NO2/c1-25(13-14-29)16-22(18-5-4-6-20(27)15-18)23(17-9-11-19(26)12-10-17)28(24(25)30)21-7-2-3-8-21/h2,4-7,9-12,14-15,21-23H,3,8,13,16H2,1H3/t21?,22-,23-,25-/m1/s1. The highest BCUT2D eigenvalue weighted by Gasteiger charge is 2.51. The summed E-state index contributed by atoms with van der Waals surface area (Å²) in [4.78, 5) is 27.3. The number of hydrogen-bond acceptors (Lipinski definition) is 2. The first-order chi connectivity index (χ1) is 14.4. The molecule has 1 aliphatic heterocycles. The summed E-state index contributed by atoms with van der Waals surface area (Å²) in [6, 6.07) is 15.5. The average Bonchev–Trinajstić information content (AvgIpc) is 3.25. The monoisotopic (exact) mass is 441 g/mol. The lowest BCUT2D eigenvalue weighted by atomic mass is 9.67. The number of hydrogen-bond donors (Lipinski definition) is 0. The number of likely N-dealkylation sites (tertiary alicyclic amines) is 1. The summed E-state index contributed by atoms with van der Waals surface area (Å²) < 4.78 is 0. The lowest BCUT2D eigenvalue weighted by molar-refractivity contribution is -0.154. The fourth-order valence-corrected chi connectivity index (χ4v) is 5.29. The maximum atomic E-state index is 13.8. The van der Waals surface area contributed by atoms with E-state index in [4.69, 9.17) is 23.2 Å². The zero-order valence-electron chi connectivity index (χ0n) is 16.9. The first-order valence-corrected chi connectivity index (χ1v) is 11.1. The van der Waals surface area contributed by atoms with Crippen molar-refractivity contribution >= 4 is 35.4 Å². The predicted octanol–water partition coefficient (Wildman–Crippen LogP) is 6.36. The Bertz CT molecular complexity index is 971. The molecule has 0 radical (unpaired) electrons. The Morgan fingerprint density at radius 2 is 1.87 bits per heavy atom. The van der Waals surface area contributed by atoms with E-state index >= 15 is 0 Å². The van der Waals surface area contributed by atoms with E-state index in [9.17, 15) is 9.59 Å². The van der Waals surface area contributed by atoms with Crippen LogP contribution in [0.3, 0.4) is 0 Å². The van der Waals surface area contributed by atoms with Gasteiger partial charge >= 0.3 is 0 Å². The molecular formula is C25H25Cl2NO2. The Morgan fingerprint density at radius 3 is 2.50 bits per heavy atom. The van der Waals surface area contributed by atoms with Gasteiger partial charge in [0, 0.05) is 22.4 Å². The van der Waals surface area contributed by atoms with Gasteiger partial charge in [0.25, 0.3) is 0 Å². The Morgan fingerprint density at radius 1 is 1.10 bits per heavy atom. The second kappa shape index (κ2) is 8.56. The average molecular weight is 442 g/mol. The van der Waals surface area contributed by atoms with Gasteiger partial charge in [0.1, 0.15) is 6.29 Å². The van der Waals surface area contributed by atoms with Crippen LogP contribution < -0.4 is 0 Å². The third-order valence-electron chi connectivity index (χ3n) is 6.47. The number of halogens is 2.